The van der Waals surface area contributed by atoms with Crippen LogP contribution >= 0.6 is 0 Å². The molecule has 0 bridgehead atoms. The van der Waals surface area contributed by atoms with Crippen molar-refractivity contribution in [3.05, 3.63) is 44.9 Å². The maximum absolute atomic E-state index is 12.9. The number of benzene rings is 1. The summed E-state index contributed by atoms with van der Waals surface area (Å²) in [5.74, 6) is -0.246. The third-order valence-electron chi connectivity index (χ3n) is 2.82. The largest absolute Gasteiger partial charge is 0.572 e. The van der Waals surface area contributed by atoms with Gasteiger partial charge < -0.3 is 10.1 Å². The van der Waals surface area contributed by atoms with Crippen molar-refractivity contribution >= 4 is 25.4 Å². The van der Waals surface area contributed by atoms with Gasteiger partial charge in [0.25, 0.3) is 5.56 Å². The lowest BCUT2D eigenvalue weighted by molar-refractivity contribution is 0.475. The standard InChI is InChI=1S/C12H11BF2N2O2/c1-7-16-11(12(19)17(7)2)5-8-3-4-9(18)6-10(8)13(14)15/h3-6,16,18H,1H2,2H3/b11-5-. The summed E-state index contributed by atoms with van der Waals surface area (Å²) in [5.41, 5.74) is -0.124. The second-order valence-corrected chi connectivity index (χ2v) is 4.11. The molecule has 0 saturated carbocycles. The molecule has 1 aromatic heterocycles. The highest BCUT2D eigenvalue weighted by molar-refractivity contribution is 6.61. The zero-order valence-corrected chi connectivity index (χ0v) is 10.2. The molecule has 0 unspecified atom stereocenters. The highest BCUT2D eigenvalue weighted by atomic mass is 19.2. The van der Waals surface area contributed by atoms with Crippen LogP contribution in [0, 0.1) is 0 Å². The lowest BCUT2D eigenvalue weighted by Crippen LogP contribution is -2.30. The van der Waals surface area contributed by atoms with Crippen LogP contribution in [0.25, 0.3) is 12.7 Å². The number of H-pyrrole nitrogens is 1. The Morgan fingerprint density at radius 3 is 2.68 bits per heavy atom. The minimum atomic E-state index is -2.74. The van der Waals surface area contributed by atoms with E-state index in [0.717, 1.165) is 6.07 Å². The molecule has 4 nitrogen and oxygen atoms in total. The third kappa shape index (κ3) is 2.45. The van der Waals surface area contributed by atoms with Gasteiger partial charge in [-0.25, -0.2) is 0 Å². The molecule has 2 rings (SSSR count). The van der Waals surface area contributed by atoms with E-state index in [1.807, 2.05) is 0 Å². The van der Waals surface area contributed by atoms with Crippen molar-refractivity contribution in [3.8, 4) is 5.75 Å². The Hall–Kier alpha value is -2.31. The summed E-state index contributed by atoms with van der Waals surface area (Å²) >= 11 is 0. The molecule has 19 heavy (non-hydrogen) atoms. The molecule has 0 amide bonds. The van der Waals surface area contributed by atoms with E-state index in [4.69, 9.17) is 0 Å². The number of imidazole rings is 1. The van der Waals surface area contributed by atoms with Crippen LogP contribution in [0.3, 0.4) is 0 Å². The van der Waals surface area contributed by atoms with E-state index in [-0.39, 0.29) is 27.7 Å². The number of hydrogen-bond acceptors (Lipinski definition) is 2. The van der Waals surface area contributed by atoms with Crippen molar-refractivity contribution in [1.29, 1.82) is 0 Å². The molecule has 0 spiro atoms. The lowest BCUT2D eigenvalue weighted by Gasteiger charge is -2.02. The second-order valence-electron chi connectivity index (χ2n) is 4.11. The van der Waals surface area contributed by atoms with Gasteiger partial charge in [0.15, 0.2) is 0 Å². The van der Waals surface area contributed by atoms with Crippen LogP contribution in [0.1, 0.15) is 5.56 Å². The first-order valence-electron chi connectivity index (χ1n) is 5.47. The summed E-state index contributed by atoms with van der Waals surface area (Å²) in [6.07, 6.45) is 1.32. The minimum absolute atomic E-state index is 0.167. The summed E-state index contributed by atoms with van der Waals surface area (Å²) in [7, 11) is -1.21. The molecule has 1 aromatic carbocycles. The van der Waals surface area contributed by atoms with Gasteiger partial charge in [-0.15, -0.1) is 0 Å². The van der Waals surface area contributed by atoms with Gasteiger partial charge in [0.05, 0.1) is 0 Å². The number of aromatic amines is 1. The van der Waals surface area contributed by atoms with Crippen LogP contribution in [0.15, 0.2) is 23.0 Å². The van der Waals surface area contributed by atoms with Gasteiger partial charge in [-0.1, -0.05) is 12.6 Å². The van der Waals surface area contributed by atoms with E-state index >= 15 is 0 Å². The molecule has 0 aliphatic rings. The second kappa shape index (κ2) is 4.76. The Morgan fingerprint density at radius 1 is 1.47 bits per heavy atom. The normalized spacial score (nSPS) is 11.8. The first kappa shape index (κ1) is 13.1. The third-order valence-corrected chi connectivity index (χ3v) is 2.82. The van der Waals surface area contributed by atoms with E-state index in [1.54, 1.807) is 0 Å². The zero-order valence-electron chi connectivity index (χ0n) is 10.2. The first-order valence-corrected chi connectivity index (χ1v) is 5.47. The van der Waals surface area contributed by atoms with Gasteiger partial charge in [0.1, 0.15) is 16.6 Å². The van der Waals surface area contributed by atoms with E-state index in [0.29, 0.717) is 5.48 Å². The fraction of sp³-hybridized carbons (Fsp3) is 0.0833. The summed E-state index contributed by atoms with van der Waals surface area (Å²) in [4.78, 5) is 14.5. The predicted octanol–water partition coefficient (Wildman–Crippen LogP) is -0.708. The maximum Gasteiger partial charge on any atom is 0.572 e. The topological polar surface area (TPSA) is 58.0 Å². The molecule has 0 atom stereocenters. The molecule has 0 fully saturated rings. The number of phenolic OH excluding ortho intramolecular Hbond substituents is 1. The Kier molecular flexibility index (Phi) is 3.29. The number of rotatable bonds is 2. The number of phenols is 1. The SMILES string of the molecule is C=c1[nH]/c(=C\c2ccc(O)cc2B(F)F)c(=O)n1C. The number of hydrogen-bond donors (Lipinski definition) is 2. The minimum Gasteiger partial charge on any atom is -0.508 e. The number of halogens is 2. The van der Waals surface area contributed by atoms with Crippen LogP contribution in [0.2, 0.25) is 0 Å². The van der Waals surface area contributed by atoms with Gasteiger partial charge in [0, 0.05) is 12.5 Å². The van der Waals surface area contributed by atoms with Crippen LogP contribution in [-0.4, -0.2) is 21.9 Å². The van der Waals surface area contributed by atoms with Crippen molar-refractivity contribution in [3.63, 3.8) is 0 Å². The molecule has 1 heterocycles. The Balaban J connectivity index is 2.70. The van der Waals surface area contributed by atoms with Gasteiger partial charge in [-0.3, -0.25) is 18.0 Å². The quantitative estimate of drug-likeness (QED) is 0.704. The van der Waals surface area contributed by atoms with E-state index in [9.17, 15) is 18.5 Å². The average molecular weight is 264 g/mol. The van der Waals surface area contributed by atoms with Gasteiger partial charge >= 0.3 is 7.27 Å². The molecule has 7 heteroatoms. The number of aromatic nitrogens is 2. The fourth-order valence-corrected chi connectivity index (χ4v) is 1.73. The summed E-state index contributed by atoms with van der Waals surface area (Å²) < 4.78 is 27.0. The molecule has 0 radical (unpaired) electrons. The van der Waals surface area contributed by atoms with E-state index in [1.165, 1.54) is 29.8 Å². The summed E-state index contributed by atoms with van der Waals surface area (Å²) in [6, 6.07) is 3.60. The summed E-state index contributed by atoms with van der Waals surface area (Å²) in [5, 5.41) is 9.39. The van der Waals surface area contributed by atoms with Crippen LogP contribution in [0.4, 0.5) is 8.63 Å². The van der Waals surface area contributed by atoms with E-state index < -0.39 is 7.27 Å². The monoisotopic (exact) mass is 264 g/mol. The number of nitrogens with one attached hydrogen (secondary N) is 1. The smallest absolute Gasteiger partial charge is 0.508 e. The Bertz CT molecular complexity index is 780. The van der Waals surface area contributed by atoms with Gasteiger partial charge in [0.2, 0.25) is 0 Å². The highest BCUT2D eigenvalue weighted by Gasteiger charge is 2.20. The van der Waals surface area contributed by atoms with Crippen molar-refractivity contribution in [2.75, 3.05) is 0 Å². The lowest BCUT2D eigenvalue weighted by atomic mass is 9.81. The summed E-state index contributed by atoms with van der Waals surface area (Å²) in [6.45, 7) is 3.61. The van der Waals surface area contributed by atoms with Crippen LogP contribution < -0.4 is 21.9 Å². The molecule has 0 aliphatic heterocycles. The predicted molar refractivity (Wildman–Crippen MR) is 70.1 cm³/mol. The van der Waals surface area contributed by atoms with Crippen molar-refractivity contribution in [2.45, 2.75) is 0 Å². The fourth-order valence-electron chi connectivity index (χ4n) is 1.73. The van der Waals surface area contributed by atoms with Crippen LogP contribution in [-0.2, 0) is 7.05 Å². The molecule has 2 N–H and O–H groups in total. The molecular weight excluding hydrogens is 253 g/mol. The van der Waals surface area contributed by atoms with Crippen molar-refractivity contribution in [2.24, 2.45) is 7.05 Å². The molecule has 2 aromatic rings. The Morgan fingerprint density at radius 2 is 2.16 bits per heavy atom. The van der Waals surface area contributed by atoms with Crippen LogP contribution in [0.5, 0.6) is 5.75 Å². The highest BCUT2D eigenvalue weighted by Crippen LogP contribution is 2.10. The van der Waals surface area contributed by atoms with E-state index in [2.05, 4.69) is 11.6 Å². The number of aromatic hydroxyl groups is 1. The molecule has 98 valence electrons. The first-order chi connectivity index (χ1) is 8.90. The molecule has 0 aliphatic carbocycles. The van der Waals surface area contributed by atoms with Crippen molar-refractivity contribution in [1.82, 2.24) is 9.55 Å². The molecule has 0 saturated heterocycles. The average Bonchev–Trinajstić information content (AvgIpc) is 2.59. The molecular formula is C12H11BF2N2O2. The number of nitrogens with zero attached hydrogens (tertiary/aromatic N) is 1. The maximum atomic E-state index is 12.9. The zero-order chi connectivity index (χ0) is 14.2. The van der Waals surface area contributed by atoms with Gasteiger partial charge in [-0.2, -0.15) is 0 Å². The Labute approximate surface area is 107 Å². The van der Waals surface area contributed by atoms with Gasteiger partial charge in [-0.05, 0) is 23.8 Å². The van der Waals surface area contributed by atoms with Crippen molar-refractivity contribution < 1.29 is 13.7 Å².